The molecular weight excluding hydrogens is 270 g/mol. The monoisotopic (exact) mass is 281 g/mol. The van der Waals surface area contributed by atoms with Crippen molar-refractivity contribution in [3.05, 3.63) is 46.4 Å². The van der Waals surface area contributed by atoms with Gasteiger partial charge in [-0.05, 0) is 12.1 Å². The molecule has 0 aliphatic heterocycles. The largest absolute Gasteiger partial charge is 0.294 e. The quantitative estimate of drug-likeness (QED) is 0.804. The van der Waals surface area contributed by atoms with E-state index in [1.54, 1.807) is 6.20 Å². The van der Waals surface area contributed by atoms with Crippen molar-refractivity contribution in [2.45, 2.75) is 11.3 Å². The summed E-state index contributed by atoms with van der Waals surface area (Å²) in [6.45, 7) is 0. The Balaban J connectivity index is 2.17. The molecule has 6 heteroatoms. The Bertz CT molecular complexity index is 643. The molecule has 2 aromatic rings. The lowest BCUT2D eigenvalue weighted by Gasteiger charge is -2.01. The lowest BCUT2D eigenvalue weighted by Crippen LogP contribution is -2.04. The van der Waals surface area contributed by atoms with Crippen molar-refractivity contribution in [2.75, 3.05) is 6.26 Å². The summed E-state index contributed by atoms with van der Waals surface area (Å²) in [6.07, 6.45) is 3.04. The third-order valence-corrected chi connectivity index (χ3v) is 4.31. The number of carbonyl (C=O) groups excluding carboxylic acids is 1. The molecule has 0 atom stereocenters. The zero-order chi connectivity index (χ0) is 13.2. The maximum absolute atomic E-state index is 11.9. The van der Waals surface area contributed by atoms with Gasteiger partial charge in [-0.3, -0.25) is 4.79 Å². The average Bonchev–Trinajstić information content (AvgIpc) is 2.81. The van der Waals surface area contributed by atoms with Gasteiger partial charge in [0.15, 0.2) is 15.6 Å². The highest BCUT2D eigenvalue weighted by Crippen LogP contribution is 2.13. The van der Waals surface area contributed by atoms with Crippen LogP contribution in [0.3, 0.4) is 0 Å². The van der Waals surface area contributed by atoms with Gasteiger partial charge in [0, 0.05) is 23.4 Å². The SMILES string of the molecule is CS(=O)(=O)c1ccc(C(=O)Cc2nccs2)cc1. The first-order chi connectivity index (χ1) is 8.47. The number of hydrogen-bond acceptors (Lipinski definition) is 5. The summed E-state index contributed by atoms with van der Waals surface area (Å²) in [6, 6.07) is 5.97. The fourth-order valence-electron chi connectivity index (χ4n) is 1.47. The minimum Gasteiger partial charge on any atom is -0.294 e. The number of carbonyl (C=O) groups is 1. The van der Waals surface area contributed by atoms with Crippen molar-refractivity contribution in [3.63, 3.8) is 0 Å². The predicted molar refractivity (Wildman–Crippen MR) is 69.7 cm³/mol. The molecule has 0 N–H and O–H groups in total. The van der Waals surface area contributed by atoms with Gasteiger partial charge in [0.05, 0.1) is 11.3 Å². The van der Waals surface area contributed by atoms with Gasteiger partial charge in [-0.15, -0.1) is 11.3 Å². The number of Topliss-reactive ketones (excluding diaryl/α,β-unsaturated/α-hetero) is 1. The number of thiazole rings is 1. The molecule has 0 saturated heterocycles. The Morgan fingerprint density at radius 1 is 1.28 bits per heavy atom. The molecule has 0 radical (unpaired) electrons. The fourth-order valence-corrected chi connectivity index (χ4v) is 2.71. The smallest absolute Gasteiger partial charge is 0.175 e. The van der Waals surface area contributed by atoms with E-state index in [0.717, 1.165) is 11.3 Å². The third kappa shape index (κ3) is 3.02. The Labute approximate surface area is 109 Å². The number of benzene rings is 1. The van der Waals surface area contributed by atoms with E-state index >= 15 is 0 Å². The van der Waals surface area contributed by atoms with Crippen LogP contribution in [0, 0.1) is 0 Å². The minimum absolute atomic E-state index is 0.0648. The van der Waals surface area contributed by atoms with Crippen LogP contribution in [0.4, 0.5) is 0 Å². The first kappa shape index (κ1) is 12.9. The standard InChI is InChI=1S/C12H11NO3S2/c1-18(15,16)10-4-2-9(3-5-10)11(14)8-12-13-6-7-17-12/h2-7H,8H2,1H3. The van der Waals surface area contributed by atoms with Crippen LogP contribution in [-0.2, 0) is 16.3 Å². The van der Waals surface area contributed by atoms with Gasteiger partial charge in [0.25, 0.3) is 0 Å². The lowest BCUT2D eigenvalue weighted by molar-refractivity contribution is 0.0993. The van der Waals surface area contributed by atoms with Crippen LogP contribution in [0.2, 0.25) is 0 Å². The van der Waals surface area contributed by atoms with Crippen molar-refractivity contribution < 1.29 is 13.2 Å². The van der Waals surface area contributed by atoms with Gasteiger partial charge in [0.1, 0.15) is 5.01 Å². The molecule has 4 nitrogen and oxygen atoms in total. The van der Waals surface area contributed by atoms with Gasteiger partial charge in [-0.2, -0.15) is 0 Å². The second kappa shape index (κ2) is 4.99. The summed E-state index contributed by atoms with van der Waals surface area (Å²) in [5, 5.41) is 2.57. The topological polar surface area (TPSA) is 64.1 Å². The van der Waals surface area contributed by atoms with E-state index in [0.29, 0.717) is 5.56 Å². The van der Waals surface area contributed by atoms with Gasteiger partial charge in [-0.25, -0.2) is 13.4 Å². The Morgan fingerprint density at radius 3 is 2.44 bits per heavy atom. The highest BCUT2D eigenvalue weighted by atomic mass is 32.2. The molecule has 1 aromatic carbocycles. The first-order valence-corrected chi connectivity index (χ1v) is 7.95. The molecule has 0 bridgehead atoms. The van der Waals surface area contributed by atoms with E-state index in [1.807, 2.05) is 5.38 Å². The van der Waals surface area contributed by atoms with Crippen LogP contribution in [-0.4, -0.2) is 25.4 Å². The summed E-state index contributed by atoms with van der Waals surface area (Å²) < 4.78 is 22.6. The van der Waals surface area contributed by atoms with Crippen molar-refractivity contribution in [1.82, 2.24) is 4.98 Å². The van der Waals surface area contributed by atoms with E-state index in [9.17, 15) is 13.2 Å². The maximum atomic E-state index is 11.9. The minimum atomic E-state index is -3.22. The summed E-state index contributed by atoms with van der Waals surface area (Å²) >= 11 is 1.43. The highest BCUT2D eigenvalue weighted by molar-refractivity contribution is 7.90. The van der Waals surface area contributed by atoms with E-state index in [4.69, 9.17) is 0 Å². The van der Waals surface area contributed by atoms with Crippen LogP contribution in [0.5, 0.6) is 0 Å². The third-order valence-electron chi connectivity index (χ3n) is 2.40. The Kier molecular flexibility index (Phi) is 3.58. The molecule has 0 saturated carbocycles. The van der Waals surface area contributed by atoms with Gasteiger partial charge < -0.3 is 0 Å². The lowest BCUT2D eigenvalue weighted by atomic mass is 10.1. The maximum Gasteiger partial charge on any atom is 0.175 e. The van der Waals surface area contributed by atoms with E-state index < -0.39 is 9.84 Å². The summed E-state index contributed by atoms with van der Waals surface area (Å²) in [5.41, 5.74) is 0.498. The molecule has 0 fully saturated rings. The van der Waals surface area contributed by atoms with Crippen LogP contribution in [0.25, 0.3) is 0 Å². The molecule has 0 aliphatic rings. The molecule has 0 spiro atoms. The molecule has 1 aromatic heterocycles. The molecule has 0 unspecified atom stereocenters. The summed E-state index contributed by atoms with van der Waals surface area (Å²) in [5.74, 6) is -0.0648. The number of aromatic nitrogens is 1. The molecule has 2 rings (SSSR count). The number of nitrogens with zero attached hydrogens (tertiary/aromatic N) is 1. The second-order valence-electron chi connectivity index (χ2n) is 3.82. The van der Waals surface area contributed by atoms with E-state index in [-0.39, 0.29) is 17.1 Å². The van der Waals surface area contributed by atoms with E-state index in [2.05, 4.69) is 4.98 Å². The molecular formula is C12H11NO3S2. The molecule has 94 valence electrons. The van der Waals surface area contributed by atoms with Gasteiger partial charge in [0.2, 0.25) is 0 Å². The normalized spacial score (nSPS) is 11.4. The fraction of sp³-hybridized carbons (Fsp3) is 0.167. The van der Waals surface area contributed by atoms with Crippen molar-refractivity contribution in [2.24, 2.45) is 0 Å². The summed E-state index contributed by atoms with van der Waals surface area (Å²) in [7, 11) is -3.22. The van der Waals surface area contributed by atoms with E-state index in [1.165, 1.54) is 35.6 Å². The number of sulfone groups is 1. The Morgan fingerprint density at radius 2 is 1.94 bits per heavy atom. The summed E-state index contributed by atoms with van der Waals surface area (Å²) in [4.78, 5) is 16.1. The van der Waals surface area contributed by atoms with Crippen molar-refractivity contribution in [1.29, 1.82) is 0 Å². The zero-order valence-corrected chi connectivity index (χ0v) is 11.3. The number of ketones is 1. The van der Waals surface area contributed by atoms with Crippen molar-refractivity contribution in [3.8, 4) is 0 Å². The molecule has 0 aliphatic carbocycles. The molecule has 18 heavy (non-hydrogen) atoms. The van der Waals surface area contributed by atoms with Crippen LogP contribution >= 0.6 is 11.3 Å². The highest BCUT2D eigenvalue weighted by Gasteiger charge is 2.11. The molecule has 1 heterocycles. The van der Waals surface area contributed by atoms with Gasteiger partial charge in [-0.1, -0.05) is 12.1 Å². The average molecular weight is 281 g/mol. The Hall–Kier alpha value is -1.53. The van der Waals surface area contributed by atoms with Gasteiger partial charge >= 0.3 is 0 Å². The second-order valence-corrected chi connectivity index (χ2v) is 6.82. The van der Waals surface area contributed by atoms with Crippen LogP contribution in [0.15, 0.2) is 40.7 Å². The van der Waals surface area contributed by atoms with Crippen LogP contribution in [0.1, 0.15) is 15.4 Å². The van der Waals surface area contributed by atoms with Crippen molar-refractivity contribution >= 4 is 27.0 Å². The number of rotatable bonds is 4. The van der Waals surface area contributed by atoms with Crippen LogP contribution < -0.4 is 0 Å². The zero-order valence-electron chi connectivity index (χ0n) is 9.66. The first-order valence-electron chi connectivity index (χ1n) is 5.18. The predicted octanol–water partition coefficient (Wildman–Crippen LogP) is 1.97. The number of hydrogen-bond donors (Lipinski definition) is 0. The molecule has 0 amide bonds.